The van der Waals surface area contributed by atoms with Gasteiger partial charge in [-0.15, -0.1) is 11.3 Å². The van der Waals surface area contributed by atoms with Crippen LogP contribution < -0.4 is 0 Å². The van der Waals surface area contributed by atoms with E-state index in [1.165, 1.54) is 6.26 Å². The van der Waals surface area contributed by atoms with E-state index in [-0.39, 0.29) is 11.9 Å². The second-order valence-corrected chi connectivity index (χ2v) is 7.35. The van der Waals surface area contributed by atoms with Gasteiger partial charge >= 0.3 is 0 Å². The third-order valence-corrected chi connectivity index (χ3v) is 4.45. The van der Waals surface area contributed by atoms with Crippen LogP contribution in [0.5, 0.6) is 0 Å². The molecule has 0 spiro atoms. The van der Waals surface area contributed by atoms with Crippen molar-refractivity contribution in [3.63, 3.8) is 0 Å². The summed E-state index contributed by atoms with van der Waals surface area (Å²) >= 11 is 1.57. The summed E-state index contributed by atoms with van der Waals surface area (Å²) in [5.74, 6) is 0.206. The maximum absolute atomic E-state index is 11.1. The Balaban J connectivity index is 1.89. The van der Waals surface area contributed by atoms with E-state index in [1.54, 1.807) is 17.5 Å². The summed E-state index contributed by atoms with van der Waals surface area (Å²) in [6.45, 7) is 2.72. The Morgan fingerprint density at radius 2 is 2.47 bits per heavy atom. The van der Waals surface area contributed by atoms with Gasteiger partial charge in [-0.2, -0.15) is 0 Å². The van der Waals surface area contributed by atoms with Crippen molar-refractivity contribution < 1.29 is 13.2 Å². The Morgan fingerprint density at radius 3 is 3.12 bits per heavy atom. The van der Waals surface area contributed by atoms with E-state index in [1.807, 2.05) is 5.38 Å². The zero-order valence-electron chi connectivity index (χ0n) is 9.70. The molecular weight excluding hydrogens is 260 g/mol. The number of nitrogens with zero attached hydrogens (tertiary/aromatic N) is 2. The SMILES string of the molecule is CS(=O)(=O)CCN1CCOC(c2nccs2)C1. The summed E-state index contributed by atoms with van der Waals surface area (Å²) in [6.07, 6.45) is 3.02. The van der Waals surface area contributed by atoms with Gasteiger partial charge in [0.2, 0.25) is 0 Å². The molecule has 1 saturated heterocycles. The minimum absolute atomic E-state index is 0.0108. The van der Waals surface area contributed by atoms with Gasteiger partial charge in [0.1, 0.15) is 20.9 Å². The molecule has 1 aliphatic rings. The van der Waals surface area contributed by atoms with Gasteiger partial charge in [-0.05, 0) is 0 Å². The van der Waals surface area contributed by atoms with Crippen molar-refractivity contribution >= 4 is 21.2 Å². The van der Waals surface area contributed by atoms with Gasteiger partial charge in [0, 0.05) is 37.5 Å². The Bertz CT molecular complexity index is 444. The highest BCUT2D eigenvalue weighted by atomic mass is 32.2. The first kappa shape index (κ1) is 12.9. The van der Waals surface area contributed by atoms with Gasteiger partial charge in [0.15, 0.2) is 0 Å². The molecule has 1 unspecified atom stereocenters. The third kappa shape index (κ3) is 4.02. The van der Waals surface area contributed by atoms with Crippen molar-refractivity contribution in [3.8, 4) is 0 Å². The molecule has 7 heteroatoms. The molecule has 5 nitrogen and oxygen atoms in total. The van der Waals surface area contributed by atoms with Crippen molar-refractivity contribution in [1.82, 2.24) is 9.88 Å². The Kier molecular flexibility index (Phi) is 4.13. The van der Waals surface area contributed by atoms with Crippen LogP contribution >= 0.6 is 11.3 Å². The second-order valence-electron chi connectivity index (χ2n) is 4.16. The molecule has 0 bridgehead atoms. The molecule has 17 heavy (non-hydrogen) atoms. The van der Waals surface area contributed by atoms with Crippen molar-refractivity contribution in [2.45, 2.75) is 6.10 Å². The van der Waals surface area contributed by atoms with Gasteiger partial charge in [0.25, 0.3) is 0 Å². The van der Waals surface area contributed by atoms with Crippen molar-refractivity contribution in [2.75, 3.05) is 38.2 Å². The quantitative estimate of drug-likeness (QED) is 0.804. The lowest BCUT2D eigenvalue weighted by Crippen LogP contribution is -2.40. The first-order valence-corrected chi connectivity index (χ1v) is 8.40. The van der Waals surface area contributed by atoms with E-state index in [0.29, 0.717) is 13.2 Å². The molecule has 2 rings (SSSR count). The summed E-state index contributed by atoms with van der Waals surface area (Å²) in [5.41, 5.74) is 0. The normalized spacial score (nSPS) is 22.8. The largest absolute Gasteiger partial charge is 0.368 e. The van der Waals surface area contributed by atoms with Gasteiger partial charge in [-0.25, -0.2) is 13.4 Å². The number of rotatable bonds is 4. The highest BCUT2D eigenvalue weighted by Crippen LogP contribution is 2.23. The summed E-state index contributed by atoms with van der Waals surface area (Å²) in [5, 5.41) is 2.89. The lowest BCUT2D eigenvalue weighted by molar-refractivity contribution is -0.0279. The molecule has 0 aliphatic carbocycles. The van der Waals surface area contributed by atoms with E-state index in [9.17, 15) is 8.42 Å². The summed E-state index contributed by atoms with van der Waals surface area (Å²) in [7, 11) is -2.89. The molecule has 0 radical (unpaired) electrons. The highest BCUT2D eigenvalue weighted by molar-refractivity contribution is 7.90. The standard InChI is InChI=1S/C10H16N2O3S2/c1-17(13,14)7-4-12-3-5-15-9(8-12)10-11-2-6-16-10/h2,6,9H,3-5,7-8H2,1H3. The van der Waals surface area contributed by atoms with Gasteiger partial charge in [-0.1, -0.05) is 0 Å². The van der Waals surface area contributed by atoms with E-state index in [4.69, 9.17) is 4.74 Å². The predicted molar refractivity (Wildman–Crippen MR) is 67.0 cm³/mol. The Hall–Kier alpha value is -0.500. The second kappa shape index (κ2) is 5.43. The average molecular weight is 276 g/mol. The molecule has 1 fully saturated rings. The molecule has 0 saturated carbocycles. The number of hydrogen-bond acceptors (Lipinski definition) is 6. The van der Waals surface area contributed by atoms with Crippen molar-refractivity contribution in [1.29, 1.82) is 0 Å². The fourth-order valence-corrected chi connectivity index (χ4v) is 3.01. The highest BCUT2D eigenvalue weighted by Gasteiger charge is 2.24. The first-order valence-electron chi connectivity index (χ1n) is 5.46. The minimum Gasteiger partial charge on any atom is -0.368 e. The maximum Gasteiger partial charge on any atom is 0.148 e. The lowest BCUT2D eigenvalue weighted by Gasteiger charge is -2.31. The molecule has 1 aliphatic heterocycles. The number of hydrogen-bond donors (Lipinski definition) is 0. The molecule has 0 aromatic carbocycles. The molecular formula is C10H16N2O3S2. The predicted octanol–water partition coefficient (Wildman–Crippen LogP) is 0.561. The summed E-state index contributed by atoms with van der Waals surface area (Å²) in [6, 6.07) is 0. The van der Waals surface area contributed by atoms with Crippen molar-refractivity contribution in [3.05, 3.63) is 16.6 Å². The summed E-state index contributed by atoms with van der Waals surface area (Å²) < 4.78 is 27.9. The number of sulfone groups is 1. The molecule has 1 atom stereocenters. The molecule has 2 heterocycles. The fourth-order valence-electron chi connectivity index (χ4n) is 1.74. The molecule has 1 aromatic rings. The van der Waals surface area contributed by atoms with E-state index in [2.05, 4.69) is 9.88 Å². The first-order chi connectivity index (χ1) is 8.04. The van der Waals surface area contributed by atoms with Crippen LogP contribution in [0.3, 0.4) is 0 Å². The van der Waals surface area contributed by atoms with E-state index < -0.39 is 9.84 Å². The van der Waals surface area contributed by atoms with Crippen molar-refractivity contribution in [2.24, 2.45) is 0 Å². The van der Waals surface area contributed by atoms with Crippen LogP contribution in [0.25, 0.3) is 0 Å². The Morgan fingerprint density at radius 1 is 1.65 bits per heavy atom. The average Bonchev–Trinajstić information content (AvgIpc) is 2.79. The topological polar surface area (TPSA) is 59.5 Å². The van der Waals surface area contributed by atoms with Crippen LogP contribution in [0, 0.1) is 0 Å². The zero-order valence-corrected chi connectivity index (χ0v) is 11.3. The maximum atomic E-state index is 11.1. The summed E-state index contributed by atoms with van der Waals surface area (Å²) in [4.78, 5) is 6.35. The van der Waals surface area contributed by atoms with Gasteiger partial charge in [0.05, 0.1) is 12.4 Å². The molecule has 0 amide bonds. The number of aromatic nitrogens is 1. The number of thiazole rings is 1. The van der Waals surface area contributed by atoms with Crippen LogP contribution in [0.1, 0.15) is 11.1 Å². The third-order valence-electron chi connectivity index (χ3n) is 2.66. The smallest absolute Gasteiger partial charge is 0.148 e. The van der Waals surface area contributed by atoms with Gasteiger partial charge < -0.3 is 4.74 Å². The van der Waals surface area contributed by atoms with Gasteiger partial charge in [-0.3, -0.25) is 4.90 Å². The van der Waals surface area contributed by atoms with E-state index >= 15 is 0 Å². The monoisotopic (exact) mass is 276 g/mol. The lowest BCUT2D eigenvalue weighted by atomic mass is 10.3. The van der Waals surface area contributed by atoms with Crippen LogP contribution in [-0.2, 0) is 14.6 Å². The fraction of sp³-hybridized carbons (Fsp3) is 0.700. The van der Waals surface area contributed by atoms with E-state index in [0.717, 1.165) is 18.1 Å². The molecule has 96 valence electrons. The minimum atomic E-state index is -2.89. The van der Waals surface area contributed by atoms with Crippen LogP contribution in [0.4, 0.5) is 0 Å². The van der Waals surface area contributed by atoms with Crippen LogP contribution in [0.2, 0.25) is 0 Å². The molecule has 0 N–H and O–H groups in total. The van der Waals surface area contributed by atoms with Crippen LogP contribution in [0.15, 0.2) is 11.6 Å². The number of morpholine rings is 1. The zero-order chi connectivity index (χ0) is 12.3. The van der Waals surface area contributed by atoms with Crippen LogP contribution in [-0.4, -0.2) is 56.6 Å². The Labute approximate surface area is 105 Å². The number of ether oxygens (including phenoxy) is 1. The molecule has 1 aromatic heterocycles.